The molecule has 1 atom stereocenters. The first-order valence-corrected chi connectivity index (χ1v) is 9.83. The van der Waals surface area contributed by atoms with E-state index in [2.05, 4.69) is 0 Å². The highest BCUT2D eigenvalue weighted by molar-refractivity contribution is 7.13. The molecule has 2 aliphatic heterocycles. The standard InChI is InChI=1S/C20H21FN2O3S/c1-14-6-7-17(27-14)19(25)22-9-3-8-20(12-22)13-23(18(24)11-26-20)16-5-2-4-15(21)10-16/h2,4-7,10H,3,8-9,11-13H2,1H3. The molecule has 1 aromatic carbocycles. The maximum atomic E-state index is 13.6. The molecule has 0 saturated carbocycles. The van der Waals surface area contributed by atoms with Crippen molar-refractivity contribution in [2.45, 2.75) is 25.4 Å². The molecule has 0 radical (unpaired) electrons. The van der Waals surface area contributed by atoms with Gasteiger partial charge in [-0.05, 0) is 50.1 Å². The average molecular weight is 388 g/mol. The Morgan fingerprint density at radius 1 is 1.26 bits per heavy atom. The van der Waals surface area contributed by atoms with Crippen molar-refractivity contribution < 1.29 is 18.7 Å². The molecule has 142 valence electrons. The SMILES string of the molecule is Cc1ccc(C(=O)N2CCCC3(C2)CN(c2cccc(F)c2)C(=O)CO3)s1. The van der Waals surface area contributed by atoms with Crippen LogP contribution in [0, 0.1) is 12.7 Å². The van der Waals surface area contributed by atoms with Crippen LogP contribution in [-0.2, 0) is 9.53 Å². The lowest BCUT2D eigenvalue weighted by Crippen LogP contribution is -2.62. The smallest absolute Gasteiger partial charge is 0.264 e. The molecular weight excluding hydrogens is 367 g/mol. The maximum Gasteiger partial charge on any atom is 0.264 e. The molecule has 0 aliphatic carbocycles. The molecule has 4 rings (SSSR count). The number of anilines is 1. The van der Waals surface area contributed by atoms with Gasteiger partial charge >= 0.3 is 0 Å². The number of carbonyl (C=O) groups excluding carboxylic acids is 2. The van der Waals surface area contributed by atoms with Crippen LogP contribution in [0.15, 0.2) is 36.4 Å². The Kier molecular flexibility index (Phi) is 4.74. The van der Waals surface area contributed by atoms with Crippen molar-refractivity contribution >= 4 is 28.8 Å². The molecule has 5 nitrogen and oxygen atoms in total. The highest BCUT2D eigenvalue weighted by Crippen LogP contribution is 2.33. The van der Waals surface area contributed by atoms with E-state index in [-0.39, 0.29) is 24.2 Å². The van der Waals surface area contributed by atoms with Crippen molar-refractivity contribution in [1.82, 2.24) is 4.90 Å². The summed E-state index contributed by atoms with van der Waals surface area (Å²) < 4.78 is 19.6. The van der Waals surface area contributed by atoms with Crippen LogP contribution in [0.1, 0.15) is 27.4 Å². The molecule has 2 saturated heterocycles. The minimum atomic E-state index is -0.611. The molecule has 1 spiro atoms. The minimum Gasteiger partial charge on any atom is -0.361 e. The predicted octanol–water partition coefficient (Wildman–Crippen LogP) is 3.23. The second kappa shape index (κ2) is 7.05. The second-order valence-corrected chi connectivity index (χ2v) is 8.46. The van der Waals surface area contributed by atoms with Gasteiger partial charge in [0.2, 0.25) is 0 Å². The summed E-state index contributed by atoms with van der Waals surface area (Å²) in [6, 6.07) is 9.83. The fourth-order valence-electron chi connectivity index (χ4n) is 3.82. The number of nitrogens with zero attached hydrogens (tertiary/aromatic N) is 2. The Balaban J connectivity index is 1.55. The van der Waals surface area contributed by atoms with Crippen LogP contribution in [0.4, 0.5) is 10.1 Å². The summed E-state index contributed by atoms with van der Waals surface area (Å²) in [6.07, 6.45) is 1.57. The van der Waals surface area contributed by atoms with Crippen molar-refractivity contribution in [2.24, 2.45) is 0 Å². The average Bonchev–Trinajstić information content (AvgIpc) is 3.10. The van der Waals surface area contributed by atoms with E-state index in [4.69, 9.17) is 4.74 Å². The van der Waals surface area contributed by atoms with Gasteiger partial charge in [0, 0.05) is 17.1 Å². The van der Waals surface area contributed by atoms with Crippen LogP contribution in [0.3, 0.4) is 0 Å². The van der Waals surface area contributed by atoms with Gasteiger partial charge < -0.3 is 14.5 Å². The Hall–Kier alpha value is -2.25. The first kappa shape index (κ1) is 18.1. The first-order valence-electron chi connectivity index (χ1n) is 9.01. The van der Waals surface area contributed by atoms with Crippen molar-refractivity contribution in [3.05, 3.63) is 52.0 Å². The molecule has 3 heterocycles. The second-order valence-electron chi connectivity index (χ2n) is 7.17. The third-order valence-corrected chi connectivity index (χ3v) is 6.14. The highest BCUT2D eigenvalue weighted by atomic mass is 32.1. The summed E-state index contributed by atoms with van der Waals surface area (Å²) in [5, 5.41) is 0. The van der Waals surface area contributed by atoms with E-state index >= 15 is 0 Å². The van der Waals surface area contributed by atoms with Crippen molar-refractivity contribution in [2.75, 3.05) is 31.1 Å². The number of amides is 2. The van der Waals surface area contributed by atoms with E-state index in [1.807, 2.05) is 24.0 Å². The molecular formula is C20H21FN2O3S. The third kappa shape index (κ3) is 3.61. The lowest BCUT2D eigenvalue weighted by Gasteiger charge is -2.47. The molecule has 2 aliphatic rings. The molecule has 1 aromatic heterocycles. The normalized spacial score (nSPS) is 23.1. The predicted molar refractivity (Wildman–Crippen MR) is 102 cm³/mol. The van der Waals surface area contributed by atoms with Crippen molar-refractivity contribution in [1.29, 1.82) is 0 Å². The number of ether oxygens (including phenoxy) is 1. The van der Waals surface area contributed by atoms with E-state index in [0.29, 0.717) is 25.3 Å². The molecule has 1 unspecified atom stereocenters. The monoisotopic (exact) mass is 388 g/mol. The first-order chi connectivity index (χ1) is 13.0. The van der Waals surface area contributed by atoms with E-state index in [1.165, 1.54) is 23.5 Å². The quantitative estimate of drug-likeness (QED) is 0.794. The summed E-state index contributed by atoms with van der Waals surface area (Å²) in [6.45, 7) is 3.35. The number of piperidine rings is 1. The minimum absolute atomic E-state index is 0.00461. The van der Waals surface area contributed by atoms with Gasteiger partial charge in [-0.3, -0.25) is 9.59 Å². The zero-order chi connectivity index (χ0) is 19.0. The molecule has 2 fully saturated rings. The molecule has 0 bridgehead atoms. The number of hydrogen-bond donors (Lipinski definition) is 0. The fraction of sp³-hybridized carbons (Fsp3) is 0.400. The Labute approximate surface area is 161 Å². The number of aryl methyl sites for hydroxylation is 1. The van der Waals surface area contributed by atoms with Gasteiger partial charge in [0.15, 0.2) is 0 Å². The van der Waals surface area contributed by atoms with E-state index in [9.17, 15) is 14.0 Å². The van der Waals surface area contributed by atoms with Gasteiger partial charge in [0.05, 0.1) is 18.0 Å². The summed E-state index contributed by atoms with van der Waals surface area (Å²) in [5.41, 5.74) is -0.0829. The largest absolute Gasteiger partial charge is 0.361 e. The van der Waals surface area contributed by atoms with Crippen LogP contribution in [0.25, 0.3) is 0 Å². The van der Waals surface area contributed by atoms with E-state index in [1.54, 1.807) is 17.0 Å². The summed E-state index contributed by atoms with van der Waals surface area (Å²) in [4.78, 5) is 30.4. The van der Waals surface area contributed by atoms with Crippen molar-refractivity contribution in [3.63, 3.8) is 0 Å². The molecule has 2 amide bonds. The van der Waals surface area contributed by atoms with Gasteiger partial charge in [-0.1, -0.05) is 6.07 Å². The lowest BCUT2D eigenvalue weighted by molar-refractivity contribution is -0.144. The molecule has 7 heteroatoms. The van der Waals surface area contributed by atoms with Crippen LogP contribution >= 0.6 is 11.3 Å². The van der Waals surface area contributed by atoms with Gasteiger partial charge in [-0.25, -0.2) is 4.39 Å². The molecule has 0 N–H and O–H groups in total. The molecule has 27 heavy (non-hydrogen) atoms. The number of halogens is 1. The number of thiophene rings is 1. The number of hydrogen-bond acceptors (Lipinski definition) is 4. The topological polar surface area (TPSA) is 49.9 Å². The number of likely N-dealkylation sites (tertiary alicyclic amines) is 1. The van der Waals surface area contributed by atoms with Gasteiger partial charge in [-0.15, -0.1) is 11.3 Å². The zero-order valence-electron chi connectivity index (χ0n) is 15.1. The van der Waals surface area contributed by atoms with Crippen LogP contribution in [-0.4, -0.2) is 48.6 Å². The van der Waals surface area contributed by atoms with Crippen LogP contribution in [0.2, 0.25) is 0 Å². The summed E-state index contributed by atoms with van der Waals surface area (Å²) >= 11 is 1.49. The highest BCUT2D eigenvalue weighted by Gasteiger charge is 2.44. The lowest BCUT2D eigenvalue weighted by atomic mass is 9.90. The number of rotatable bonds is 2. The Morgan fingerprint density at radius 2 is 2.11 bits per heavy atom. The maximum absolute atomic E-state index is 13.6. The van der Waals surface area contributed by atoms with Crippen molar-refractivity contribution in [3.8, 4) is 0 Å². The number of carbonyl (C=O) groups is 2. The van der Waals surface area contributed by atoms with Crippen LogP contribution in [0.5, 0.6) is 0 Å². The Bertz CT molecular complexity index is 884. The Morgan fingerprint density at radius 3 is 2.85 bits per heavy atom. The van der Waals surface area contributed by atoms with Crippen LogP contribution < -0.4 is 4.90 Å². The summed E-state index contributed by atoms with van der Waals surface area (Å²) in [7, 11) is 0. The third-order valence-electron chi connectivity index (χ3n) is 5.15. The van der Waals surface area contributed by atoms with Gasteiger partial charge in [0.1, 0.15) is 18.0 Å². The van der Waals surface area contributed by atoms with Gasteiger partial charge in [0.25, 0.3) is 11.8 Å². The van der Waals surface area contributed by atoms with E-state index in [0.717, 1.165) is 22.6 Å². The number of benzene rings is 1. The zero-order valence-corrected chi connectivity index (χ0v) is 15.9. The summed E-state index contributed by atoms with van der Waals surface area (Å²) in [5.74, 6) is -0.567. The number of morpholine rings is 1. The van der Waals surface area contributed by atoms with Gasteiger partial charge in [-0.2, -0.15) is 0 Å². The molecule has 2 aromatic rings. The van der Waals surface area contributed by atoms with E-state index < -0.39 is 5.60 Å². The fourth-order valence-corrected chi connectivity index (χ4v) is 4.65.